The van der Waals surface area contributed by atoms with E-state index >= 15 is 0 Å². The highest BCUT2D eigenvalue weighted by molar-refractivity contribution is 9.10. The fourth-order valence-electron chi connectivity index (χ4n) is 3.60. The Kier molecular flexibility index (Phi) is 3.83. The van der Waals surface area contributed by atoms with E-state index in [0.29, 0.717) is 18.3 Å². The summed E-state index contributed by atoms with van der Waals surface area (Å²) in [6.07, 6.45) is 2.28. The predicted molar refractivity (Wildman–Crippen MR) is 92.9 cm³/mol. The second-order valence-electron chi connectivity index (χ2n) is 5.97. The molecule has 2 aromatic rings. The van der Waals surface area contributed by atoms with Crippen LogP contribution < -0.4 is 9.80 Å². The summed E-state index contributed by atoms with van der Waals surface area (Å²) in [6.45, 7) is 1.57. The van der Waals surface area contributed by atoms with Gasteiger partial charge in [-0.15, -0.1) is 11.3 Å². The number of benzene rings is 1. The Hall–Kier alpha value is -1.50. The van der Waals surface area contributed by atoms with E-state index in [4.69, 9.17) is 0 Å². The summed E-state index contributed by atoms with van der Waals surface area (Å²) in [5, 5.41) is 2.10. The van der Waals surface area contributed by atoms with Crippen molar-refractivity contribution in [1.29, 1.82) is 0 Å². The van der Waals surface area contributed by atoms with Crippen LogP contribution in [0.15, 0.2) is 40.2 Å². The fourth-order valence-corrected chi connectivity index (χ4v) is 5.10. The molecule has 1 amide bonds. The summed E-state index contributed by atoms with van der Waals surface area (Å²) >= 11 is 5.26. The highest BCUT2D eigenvalue weighted by Crippen LogP contribution is 2.35. The summed E-state index contributed by atoms with van der Waals surface area (Å²) in [7, 11) is 0. The van der Waals surface area contributed by atoms with Crippen LogP contribution >= 0.6 is 27.3 Å². The fraction of sp³-hybridized carbons (Fsp3) is 0.294. The lowest BCUT2D eigenvalue weighted by Crippen LogP contribution is -3.12. The van der Waals surface area contributed by atoms with Crippen molar-refractivity contribution in [2.24, 2.45) is 0 Å². The number of nitrogens with zero attached hydrogens (tertiary/aromatic N) is 1. The quantitative estimate of drug-likeness (QED) is 0.816. The van der Waals surface area contributed by atoms with Gasteiger partial charge < -0.3 is 4.90 Å². The molecule has 1 aromatic carbocycles. The van der Waals surface area contributed by atoms with E-state index in [1.165, 1.54) is 9.78 Å². The zero-order valence-corrected chi connectivity index (χ0v) is 14.8. The van der Waals surface area contributed by atoms with Gasteiger partial charge in [0.2, 0.25) is 0 Å². The number of nitrogens with one attached hydrogen (secondary N) is 1. The van der Waals surface area contributed by atoms with Crippen LogP contribution in [-0.2, 0) is 4.79 Å². The molecule has 1 unspecified atom stereocenters. The first kappa shape index (κ1) is 15.1. The van der Waals surface area contributed by atoms with Crippen molar-refractivity contribution in [2.45, 2.75) is 18.9 Å². The molecule has 2 aliphatic heterocycles. The van der Waals surface area contributed by atoms with Crippen molar-refractivity contribution in [3.8, 4) is 0 Å². The van der Waals surface area contributed by atoms with E-state index in [-0.39, 0.29) is 0 Å². The van der Waals surface area contributed by atoms with Crippen LogP contribution in [0, 0.1) is 0 Å². The van der Waals surface area contributed by atoms with Crippen molar-refractivity contribution in [1.82, 2.24) is 0 Å². The smallest absolute Gasteiger partial charge is 0.303 e. The van der Waals surface area contributed by atoms with Crippen LogP contribution in [0.5, 0.6) is 0 Å². The predicted octanol–water partition coefficient (Wildman–Crippen LogP) is 2.42. The number of likely N-dealkylation sites (tertiary alicyclic amines) is 1. The number of Topliss-reactive ketones (excluding diaryl/α,β-unsaturated/α-hetero) is 1. The standard InChI is InChI=1S/C17H15BrN2O2S/c18-12-5-1-4-11-15(12)20(17(22)16(11)21)10-19-8-2-6-13(19)14-7-3-9-23-14/h1,3-5,7,9,13H,2,6,8,10H2/p+1/t13-/m1/s1. The minimum atomic E-state index is -0.406. The summed E-state index contributed by atoms with van der Waals surface area (Å²) in [6, 6.07) is 10.1. The monoisotopic (exact) mass is 391 g/mol. The second-order valence-corrected chi connectivity index (χ2v) is 7.81. The third kappa shape index (κ3) is 2.45. The molecule has 1 saturated heterocycles. The topological polar surface area (TPSA) is 41.8 Å². The maximum atomic E-state index is 12.4. The molecule has 1 fully saturated rings. The van der Waals surface area contributed by atoms with Gasteiger partial charge >= 0.3 is 5.91 Å². The van der Waals surface area contributed by atoms with Crippen molar-refractivity contribution in [3.05, 3.63) is 50.6 Å². The van der Waals surface area contributed by atoms with E-state index in [0.717, 1.165) is 29.5 Å². The van der Waals surface area contributed by atoms with Gasteiger partial charge in [-0.2, -0.15) is 0 Å². The molecule has 118 valence electrons. The first-order valence-electron chi connectivity index (χ1n) is 7.69. The van der Waals surface area contributed by atoms with E-state index in [1.807, 2.05) is 6.07 Å². The third-order valence-electron chi connectivity index (χ3n) is 4.67. The van der Waals surface area contributed by atoms with Crippen LogP contribution in [0.3, 0.4) is 0 Å². The molecule has 2 aliphatic rings. The molecule has 1 N–H and O–H groups in total. The first-order valence-corrected chi connectivity index (χ1v) is 9.37. The largest absolute Gasteiger partial charge is 0.311 e. The summed E-state index contributed by atoms with van der Waals surface area (Å²) in [4.78, 5) is 29.0. The maximum Gasteiger partial charge on any atom is 0.303 e. The molecular weight excluding hydrogens is 376 g/mol. The highest BCUT2D eigenvalue weighted by Gasteiger charge is 2.41. The van der Waals surface area contributed by atoms with Gasteiger partial charge in [0.1, 0.15) is 6.04 Å². The molecular formula is C17H16BrN2O2S+. The minimum absolute atomic E-state index is 0.396. The molecule has 4 rings (SSSR count). The number of quaternary nitrogens is 1. The summed E-state index contributed by atoms with van der Waals surface area (Å²) in [5.41, 5.74) is 1.24. The van der Waals surface area contributed by atoms with Crippen LogP contribution in [0.2, 0.25) is 0 Å². The zero-order chi connectivity index (χ0) is 16.0. The highest BCUT2D eigenvalue weighted by atomic mass is 79.9. The van der Waals surface area contributed by atoms with Gasteiger partial charge in [-0.05, 0) is 39.5 Å². The van der Waals surface area contributed by atoms with Crippen LogP contribution in [-0.4, -0.2) is 24.9 Å². The number of fused-ring (bicyclic) bond motifs is 1. The molecule has 3 heterocycles. The molecule has 0 aliphatic carbocycles. The first-order chi connectivity index (χ1) is 11.2. The SMILES string of the molecule is O=C1C(=O)N(C[NH+]2CCC[C@@H]2c2cccs2)c2c(Br)cccc21. The number of ketones is 1. The lowest BCUT2D eigenvalue weighted by Gasteiger charge is -2.26. The Morgan fingerprint density at radius 3 is 2.91 bits per heavy atom. The molecule has 0 saturated carbocycles. The number of carbonyl (C=O) groups is 2. The number of carbonyl (C=O) groups excluding carboxylic acids is 2. The second kappa shape index (κ2) is 5.85. The molecule has 4 nitrogen and oxygen atoms in total. The van der Waals surface area contributed by atoms with E-state index in [9.17, 15) is 9.59 Å². The number of hydrogen-bond acceptors (Lipinski definition) is 3. The molecule has 23 heavy (non-hydrogen) atoms. The number of rotatable bonds is 3. The number of thiophene rings is 1. The number of halogens is 1. The molecule has 0 spiro atoms. The average molecular weight is 392 g/mol. The van der Waals surface area contributed by atoms with E-state index < -0.39 is 11.7 Å². The van der Waals surface area contributed by atoms with Gasteiger partial charge in [0.25, 0.3) is 5.78 Å². The van der Waals surface area contributed by atoms with Gasteiger partial charge in [0, 0.05) is 17.3 Å². The van der Waals surface area contributed by atoms with Gasteiger partial charge in [0.15, 0.2) is 6.67 Å². The molecule has 2 atom stereocenters. The van der Waals surface area contributed by atoms with Crippen LogP contribution in [0.4, 0.5) is 5.69 Å². The van der Waals surface area contributed by atoms with Gasteiger partial charge in [0.05, 0.1) is 22.7 Å². The lowest BCUT2D eigenvalue weighted by molar-refractivity contribution is -0.916. The molecule has 0 bridgehead atoms. The van der Waals surface area contributed by atoms with Gasteiger partial charge in [-0.25, -0.2) is 0 Å². The average Bonchev–Trinajstić information content (AvgIpc) is 3.25. The van der Waals surface area contributed by atoms with Crippen LogP contribution in [0.1, 0.15) is 34.1 Å². The van der Waals surface area contributed by atoms with Crippen molar-refractivity contribution >= 4 is 44.6 Å². The summed E-state index contributed by atoms with van der Waals surface area (Å²) < 4.78 is 0.806. The Bertz CT molecular complexity index is 775. The maximum absolute atomic E-state index is 12.4. The molecule has 6 heteroatoms. The Labute approximate surface area is 146 Å². The number of hydrogen-bond donors (Lipinski definition) is 1. The zero-order valence-electron chi connectivity index (χ0n) is 12.4. The normalized spacial score (nSPS) is 23.6. The Balaban J connectivity index is 1.65. The third-order valence-corrected chi connectivity index (χ3v) is 6.30. The number of para-hydroxylation sites is 1. The Morgan fingerprint density at radius 2 is 2.13 bits per heavy atom. The minimum Gasteiger partial charge on any atom is -0.311 e. The van der Waals surface area contributed by atoms with Gasteiger partial charge in [-0.3, -0.25) is 14.5 Å². The van der Waals surface area contributed by atoms with E-state index in [1.54, 1.807) is 28.4 Å². The number of amides is 1. The van der Waals surface area contributed by atoms with Crippen LogP contribution in [0.25, 0.3) is 0 Å². The van der Waals surface area contributed by atoms with Gasteiger partial charge in [-0.1, -0.05) is 12.1 Å². The Morgan fingerprint density at radius 1 is 1.26 bits per heavy atom. The van der Waals surface area contributed by atoms with Crippen molar-refractivity contribution < 1.29 is 14.5 Å². The lowest BCUT2D eigenvalue weighted by atomic mass is 10.1. The summed E-state index contributed by atoms with van der Waals surface area (Å²) in [5.74, 6) is -0.802. The van der Waals surface area contributed by atoms with Crippen molar-refractivity contribution in [3.63, 3.8) is 0 Å². The molecule has 1 aromatic heterocycles. The molecule has 0 radical (unpaired) electrons. The van der Waals surface area contributed by atoms with Crippen molar-refractivity contribution in [2.75, 3.05) is 18.1 Å². The number of anilines is 1. The van der Waals surface area contributed by atoms with E-state index in [2.05, 4.69) is 33.4 Å².